The van der Waals surface area contributed by atoms with Crippen LogP contribution in [0.15, 0.2) is 66.7 Å². The summed E-state index contributed by atoms with van der Waals surface area (Å²) < 4.78 is 5.45. The van der Waals surface area contributed by atoms with Crippen LogP contribution in [0.4, 0.5) is 0 Å². The van der Waals surface area contributed by atoms with Crippen molar-refractivity contribution in [3.8, 4) is 16.9 Å². The van der Waals surface area contributed by atoms with Crippen LogP contribution >= 0.6 is 0 Å². The van der Waals surface area contributed by atoms with Crippen LogP contribution in [0.1, 0.15) is 22.3 Å². The zero-order valence-electron chi connectivity index (χ0n) is 14.0. The van der Waals surface area contributed by atoms with Gasteiger partial charge in [-0.05, 0) is 48.6 Å². The second kappa shape index (κ2) is 6.70. The van der Waals surface area contributed by atoms with Crippen molar-refractivity contribution in [3.05, 3.63) is 89.0 Å². The Morgan fingerprint density at radius 1 is 0.826 bits per heavy atom. The summed E-state index contributed by atoms with van der Waals surface area (Å²) in [5.41, 5.74) is 7.72. The summed E-state index contributed by atoms with van der Waals surface area (Å²) in [5.74, 6) is 0.912. The molecule has 0 heterocycles. The molecule has 0 N–H and O–H groups in total. The molecule has 0 bridgehead atoms. The highest BCUT2D eigenvalue weighted by Crippen LogP contribution is 2.30. The Balaban J connectivity index is 1.86. The summed E-state index contributed by atoms with van der Waals surface area (Å²) in [7, 11) is 1.72. The minimum atomic E-state index is 0.912. The van der Waals surface area contributed by atoms with E-state index >= 15 is 0 Å². The number of ether oxygens (including phenoxy) is 1. The molecule has 0 unspecified atom stereocenters. The first-order chi connectivity index (χ1) is 11.2. The standard InChI is InChI=1S/C22H22O/c1-16-8-9-17(2)20(14-16)15-18-10-12-19(13-11-18)21-6-4-5-7-22(21)23-3/h4-14H,15H2,1-3H3. The first-order valence-electron chi connectivity index (χ1n) is 7.96. The molecule has 3 aromatic carbocycles. The molecule has 0 spiro atoms. The van der Waals surface area contributed by atoms with E-state index in [2.05, 4.69) is 62.4 Å². The topological polar surface area (TPSA) is 9.23 Å². The molecule has 0 atom stereocenters. The third-order valence-electron chi connectivity index (χ3n) is 4.27. The maximum Gasteiger partial charge on any atom is 0.126 e. The second-order valence-electron chi connectivity index (χ2n) is 6.00. The van der Waals surface area contributed by atoms with Crippen molar-refractivity contribution < 1.29 is 4.74 Å². The first-order valence-corrected chi connectivity index (χ1v) is 7.96. The average Bonchev–Trinajstić information content (AvgIpc) is 2.59. The van der Waals surface area contributed by atoms with Gasteiger partial charge in [-0.3, -0.25) is 0 Å². The Kier molecular flexibility index (Phi) is 4.47. The zero-order valence-corrected chi connectivity index (χ0v) is 14.0. The van der Waals surface area contributed by atoms with E-state index in [9.17, 15) is 0 Å². The van der Waals surface area contributed by atoms with E-state index in [1.807, 2.05) is 18.2 Å². The van der Waals surface area contributed by atoms with Gasteiger partial charge in [-0.1, -0.05) is 66.2 Å². The molecule has 0 aliphatic carbocycles. The van der Waals surface area contributed by atoms with Gasteiger partial charge in [0.05, 0.1) is 7.11 Å². The largest absolute Gasteiger partial charge is 0.496 e. The number of benzene rings is 3. The smallest absolute Gasteiger partial charge is 0.126 e. The van der Waals surface area contributed by atoms with Crippen molar-refractivity contribution >= 4 is 0 Å². The summed E-state index contributed by atoms with van der Waals surface area (Å²) >= 11 is 0. The number of rotatable bonds is 4. The molecule has 1 nitrogen and oxygen atoms in total. The lowest BCUT2D eigenvalue weighted by atomic mass is 9.96. The van der Waals surface area contributed by atoms with Gasteiger partial charge in [0.25, 0.3) is 0 Å². The van der Waals surface area contributed by atoms with E-state index in [4.69, 9.17) is 4.74 Å². The van der Waals surface area contributed by atoms with Crippen LogP contribution in [0.2, 0.25) is 0 Å². The van der Waals surface area contributed by atoms with Gasteiger partial charge < -0.3 is 4.74 Å². The summed E-state index contributed by atoms with van der Waals surface area (Å²) in [5, 5.41) is 0. The lowest BCUT2D eigenvalue weighted by Gasteiger charge is -2.10. The minimum absolute atomic E-state index is 0.912. The predicted molar refractivity (Wildman–Crippen MR) is 97.2 cm³/mol. The summed E-state index contributed by atoms with van der Waals surface area (Å²) in [6.07, 6.45) is 0.972. The van der Waals surface area contributed by atoms with E-state index in [0.717, 1.165) is 17.7 Å². The average molecular weight is 302 g/mol. The zero-order chi connectivity index (χ0) is 16.2. The van der Waals surface area contributed by atoms with Crippen molar-refractivity contribution in [1.29, 1.82) is 0 Å². The number of hydrogen-bond acceptors (Lipinski definition) is 1. The quantitative estimate of drug-likeness (QED) is 0.612. The van der Waals surface area contributed by atoms with Crippen LogP contribution < -0.4 is 4.74 Å². The molecular weight excluding hydrogens is 280 g/mol. The number of hydrogen-bond donors (Lipinski definition) is 0. The summed E-state index contributed by atoms with van der Waals surface area (Å²) in [6, 6.07) is 23.6. The van der Waals surface area contributed by atoms with Crippen molar-refractivity contribution in [2.45, 2.75) is 20.3 Å². The van der Waals surface area contributed by atoms with Crippen molar-refractivity contribution in [3.63, 3.8) is 0 Å². The Morgan fingerprint density at radius 3 is 2.30 bits per heavy atom. The fourth-order valence-electron chi connectivity index (χ4n) is 2.90. The van der Waals surface area contributed by atoms with Crippen LogP contribution in [0.5, 0.6) is 5.75 Å². The Labute approximate surface area is 138 Å². The molecular formula is C22H22O. The fourth-order valence-corrected chi connectivity index (χ4v) is 2.90. The normalized spacial score (nSPS) is 10.6. The minimum Gasteiger partial charge on any atom is -0.496 e. The van der Waals surface area contributed by atoms with Gasteiger partial charge in [0.1, 0.15) is 5.75 Å². The van der Waals surface area contributed by atoms with Crippen LogP contribution in [-0.2, 0) is 6.42 Å². The van der Waals surface area contributed by atoms with E-state index in [1.54, 1.807) is 7.11 Å². The van der Waals surface area contributed by atoms with E-state index < -0.39 is 0 Å². The van der Waals surface area contributed by atoms with Gasteiger partial charge in [-0.25, -0.2) is 0 Å². The SMILES string of the molecule is COc1ccccc1-c1ccc(Cc2cc(C)ccc2C)cc1. The molecule has 1 heteroatoms. The molecule has 0 aliphatic rings. The molecule has 0 amide bonds. The Bertz CT molecular complexity index is 800. The highest BCUT2D eigenvalue weighted by Gasteiger charge is 2.06. The van der Waals surface area contributed by atoms with Gasteiger partial charge in [0.15, 0.2) is 0 Å². The molecule has 0 fully saturated rings. The first kappa shape index (κ1) is 15.4. The monoisotopic (exact) mass is 302 g/mol. The molecule has 116 valence electrons. The second-order valence-corrected chi connectivity index (χ2v) is 6.00. The Morgan fingerprint density at radius 2 is 1.57 bits per heavy atom. The predicted octanol–water partition coefficient (Wildman–Crippen LogP) is 5.57. The molecule has 3 aromatic rings. The summed E-state index contributed by atoms with van der Waals surface area (Å²) in [4.78, 5) is 0. The van der Waals surface area contributed by atoms with Gasteiger partial charge in [-0.2, -0.15) is 0 Å². The maximum atomic E-state index is 5.45. The molecule has 0 saturated heterocycles. The van der Waals surface area contributed by atoms with Crippen LogP contribution in [0.3, 0.4) is 0 Å². The van der Waals surface area contributed by atoms with Gasteiger partial charge in [0.2, 0.25) is 0 Å². The highest BCUT2D eigenvalue weighted by atomic mass is 16.5. The van der Waals surface area contributed by atoms with Crippen LogP contribution in [-0.4, -0.2) is 7.11 Å². The Hall–Kier alpha value is -2.54. The van der Waals surface area contributed by atoms with E-state index in [1.165, 1.54) is 27.8 Å². The van der Waals surface area contributed by atoms with Crippen molar-refractivity contribution in [2.24, 2.45) is 0 Å². The van der Waals surface area contributed by atoms with E-state index in [-0.39, 0.29) is 0 Å². The molecule has 0 aromatic heterocycles. The molecule has 23 heavy (non-hydrogen) atoms. The van der Waals surface area contributed by atoms with Crippen molar-refractivity contribution in [2.75, 3.05) is 7.11 Å². The van der Waals surface area contributed by atoms with Gasteiger partial charge >= 0.3 is 0 Å². The van der Waals surface area contributed by atoms with Gasteiger partial charge in [-0.15, -0.1) is 0 Å². The van der Waals surface area contributed by atoms with E-state index in [0.29, 0.717) is 0 Å². The fraction of sp³-hybridized carbons (Fsp3) is 0.182. The highest BCUT2D eigenvalue weighted by molar-refractivity contribution is 5.70. The number of para-hydroxylation sites is 1. The maximum absolute atomic E-state index is 5.45. The third-order valence-corrected chi connectivity index (χ3v) is 4.27. The van der Waals surface area contributed by atoms with Crippen LogP contribution in [0.25, 0.3) is 11.1 Å². The molecule has 0 aliphatic heterocycles. The third kappa shape index (κ3) is 3.45. The van der Waals surface area contributed by atoms with Crippen molar-refractivity contribution in [1.82, 2.24) is 0 Å². The van der Waals surface area contributed by atoms with Crippen LogP contribution in [0, 0.1) is 13.8 Å². The molecule has 0 saturated carbocycles. The van der Waals surface area contributed by atoms with Gasteiger partial charge in [0, 0.05) is 5.56 Å². The molecule has 3 rings (SSSR count). The lowest BCUT2D eigenvalue weighted by molar-refractivity contribution is 0.416. The lowest BCUT2D eigenvalue weighted by Crippen LogP contribution is -1.93. The number of methoxy groups -OCH3 is 1. The number of aryl methyl sites for hydroxylation is 2. The molecule has 0 radical (unpaired) electrons. The summed E-state index contributed by atoms with van der Waals surface area (Å²) in [6.45, 7) is 4.33.